The topological polar surface area (TPSA) is 60.9 Å². The monoisotopic (exact) mass is 278 g/mol. The van der Waals surface area contributed by atoms with E-state index in [2.05, 4.69) is 6.92 Å². The number of aryl methyl sites for hydroxylation is 1. The summed E-state index contributed by atoms with van der Waals surface area (Å²) >= 11 is 0. The minimum Gasteiger partial charge on any atom is -0.481 e. The fourth-order valence-corrected chi connectivity index (χ4v) is 1.90. The highest BCUT2D eigenvalue weighted by Gasteiger charge is 2.18. The number of anilines is 1. The molecule has 0 spiro atoms. The van der Waals surface area contributed by atoms with E-state index in [4.69, 9.17) is 5.11 Å². The van der Waals surface area contributed by atoms with Gasteiger partial charge in [-0.15, -0.1) is 0 Å². The van der Waals surface area contributed by atoms with E-state index in [1.807, 2.05) is 31.2 Å². The summed E-state index contributed by atoms with van der Waals surface area (Å²) in [6.45, 7) is 4.63. The van der Waals surface area contributed by atoms with E-state index in [0.29, 0.717) is 6.54 Å². The summed E-state index contributed by atoms with van der Waals surface area (Å²) in [6, 6.07) is 7.61. The maximum atomic E-state index is 12.3. The standard InChI is InChI=1S/C15H22N2O3/c1-4-12-6-8-13(9-7-12)16(3)15(20)17(5-2)11-10-14(18)19/h6-9H,4-5,10-11H2,1-3H3,(H,18,19). The van der Waals surface area contributed by atoms with Crippen molar-refractivity contribution in [3.63, 3.8) is 0 Å². The van der Waals surface area contributed by atoms with Gasteiger partial charge in [-0.25, -0.2) is 4.79 Å². The van der Waals surface area contributed by atoms with Crippen LogP contribution in [-0.2, 0) is 11.2 Å². The number of amides is 2. The number of carbonyl (C=O) groups is 2. The SMILES string of the molecule is CCc1ccc(N(C)C(=O)N(CC)CCC(=O)O)cc1. The van der Waals surface area contributed by atoms with Gasteiger partial charge in [0.15, 0.2) is 0 Å². The number of hydrogen-bond donors (Lipinski definition) is 1. The zero-order valence-corrected chi connectivity index (χ0v) is 12.3. The van der Waals surface area contributed by atoms with E-state index in [0.717, 1.165) is 12.1 Å². The lowest BCUT2D eigenvalue weighted by atomic mass is 10.1. The molecule has 5 heteroatoms. The highest BCUT2D eigenvalue weighted by atomic mass is 16.4. The number of rotatable bonds is 6. The third-order valence-corrected chi connectivity index (χ3v) is 3.27. The summed E-state index contributed by atoms with van der Waals surface area (Å²) in [5.41, 5.74) is 2.02. The molecule has 5 nitrogen and oxygen atoms in total. The van der Waals surface area contributed by atoms with Gasteiger partial charge in [0.1, 0.15) is 0 Å². The van der Waals surface area contributed by atoms with E-state index in [1.165, 1.54) is 10.5 Å². The molecular weight excluding hydrogens is 256 g/mol. The van der Waals surface area contributed by atoms with Crippen molar-refractivity contribution < 1.29 is 14.7 Å². The molecule has 1 aromatic carbocycles. The molecular formula is C15H22N2O3. The second-order valence-corrected chi connectivity index (χ2v) is 4.58. The molecule has 0 aliphatic carbocycles. The van der Waals surface area contributed by atoms with Crippen LogP contribution in [0.5, 0.6) is 0 Å². The van der Waals surface area contributed by atoms with Gasteiger partial charge in [-0.3, -0.25) is 9.69 Å². The van der Waals surface area contributed by atoms with Crippen molar-refractivity contribution >= 4 is 17.7 Å². The number of benzene rings is 1. The second kappa shape index (κ2) is 7.53. The highest BCUT2D eigenvalue weighted by molar-refractivity contribution is 5.91. The Labute approximate surface area is 119 Å². The first kappa shape index (κ1) is 16.0. The number of aliphatic carboxylic acids is 1. The molecule has 0 unspecified atom stereocenters. The minimum absolute atomic E-state index is 0.0395. The Morgan fingerprint density at radius 1 is 1.15 bits per heavy atom. The number of carboxylic acids is 1. The quantitative estimate of drug-likeness (QED) is 0.870. The first-order valence-corrected chi connectivity index (χ1v) is 6.83. The smallest absolute Gasteiger partial charge is 0.324 e. The molecule has 0 bridgehead atoms. The predicted molar refractivity (Wildman–Crippen MR) is 79.1 cm³/mol. The van der Waals surface area contributed by atoms with Crippen molar-refractivity contribution in [3.05, 3.63) is 29.8 Å². The van der Waals surface area contributed by atoms with Crippen LogP contribution >= 0.6 is 0 Å². The zero-order chi connectivity index (χ0) is 15.1. The average molecular weight is 278 g/mol. The van der Waals surface area contributed by atoms with Gasteiger partial charge in [0.25, 0.3) is 0 Å². The fourth-order valence-electron chi connectivity index (χ4n) is 1.90. The Kier molecular flexibility index (Phi) is 6.03. The summed E-state index contributed by atoms with van der Waals surface area (Å²) in [4.78, 5) is 26.0. The van der Waals surface area contributed by atoms with Gasteiger partial charge in [-0.2, -0.15) is 0 Å². The first-order valence-electron chi connectivity index (χ1n) is 6.83. The maximum absolute atomic E-state index is 12.3. The third-order valence-electron chi connectivity index (χ3n) is 3.27. The van der Waals surface area contributed by atoms with Crippen molar-refractivity contribution in [2.75, 3.05) is 25.0 Å². The van der Waals surface area contributed by atoms with E-state index < -0.39 is 5.97 Å². The molecule has 0 heterocycles. The predicted octanol–water partition coefficient (Wildman–Crippen LogP) is 2.60. The first-order chi connectivity index (χ1) is 9.49. The Balaban J connectivity index is 2.74. The Hall–Kier alpha value is -2.04. The van der Waals surface area contributed by atoms with E-state index in [9.17, 15) is 9.59 Å². The van der Waals surface area contributed by atoms with Gasteiger partial charge in [-0.05, 0) is 31.0 Å². The van der Waals surface area contributed by atoms with Crippen molar-refractivity contribution in [2.24, 2.45) is 0 Å². The van der Waals surface area contributed by atoms with Crippen LogP contribution in [0.3, 0.4) is 0 Å². The molecule has 0 atom stereocenters. The molecule has 0 fully saturated rings. The van der Waals surface area contributed by atoms with E-state index in [-0.39, 0.29) is 19.0 Å². The molecule has 1 N–H and O–H groups in total. The van der Waals surface area contributed by atoms with Crippen LogP contribution in [0, 0.1) is 0 Å². The molecule has 1 aromatic rings. The molecule has 20 heavy (non-hydrogen) atoms. The molecule has 0 aliphatic heterocycles. The van der Waals surface area contributed by atoms with Crippen molar-refractivity contribution in [1.82, 2.24) is 4.90 Å². The Morgan fingerprint density at radius 2 is 1.75 bits per heavy atom. The average Bonchev–Trinajstić information content (AvgIpc) is 2.46. The van der Waals surface area contributed by atoms with Crippen LogP contribution in [0.15, 0.2) is 24.3 Å². The van der Waals surface area contributed by atoms with Gasteiger partial charge < -0.3 is 10.0 Å². The molecule has 0 saturated heterocycles. The molecule has 0 radical (unpaired) electrons. The number of carbonyl (C=O) groups excluding carboxylic acids is 1. The highest BCUT2D eigenvalue weighted by Crippen LogP contribution is 2.16. The van der Waals surface area contributed by atoms with Gasteiger partial charge in [0.2, 0.25) is 0 Å². The van der Waals surface area contributed by atoms with Crippen molar-refractivity contribution in [3.8, 4) is 0 Å². The van der Waals surface area contributed by atoms with Gasteiger partial charge in [0, 0.05) is 25.8 Å². The Morgan fingerprint density at radius 3 is 2.20 bits per heavy atom. The zero-order valence-electron chi connectivity index (χ0n) is 12.3. The number of hydrogen-bond acceptors (Lipinski definition) is 2. The van der Waals surface area contributed by atoms with Crippen LogP contribution in [0.25, 0.3) is 0 Å². The number of urea groups is 1. The Bertz CT molecular complexity index is 457. The summed E-state index contributed by atoms with van der Waals surface area (Å²) in [5, 5.41) is 8.70. The van der Waals surface area contributed by atoms with Crippen LogP contribution in [0.1, 0.15) is 25.8 Å². The summed E-state index contributed by atoms with van der Waals surface area (Å²) in [6.07, 6.45) is 0.916. The fraction of sp³-hybridized carbons (Fsp3) is 0.467. The van der Waals surface area contributed by atoms with Crippen LogP contribution in [-0.4, -0.2) is 42.1 Å². The molecule has 2 amide bonds. The number of carboxylic acid groups (broad SMARTS) is 1. The van der Waals surface area contributed by atoms with Crippen molar-refractivity contribution in [1.29, 1.82) is 0 Å². The lowest BCUT2D eigenvalue weighted by Gasteiger charge is -2.27. The molecule has 1 rings (SSSR count). The van der Waals surface area contributed by atoms with Crippen LogP contribution in [0.2, 0.25) is 0 Å². The van der Waals surface area contributed by atoms with Gasteiger partial charge >= 0.3 is 12.0 Å². The summed E-state index contributed by atoms with van der Waals surface area (Å²) < 4.78 is 0. The molecule has 0 aromatic heterocycles. The van der Waals surface area contributed by atoms with Gasteiger partial charge in [-0.1, -0.05) is 19.1 Å². The third kappa shape index (κ3) is 4.26. The molecule has 0 saturated carbocycles. The largest absolute Gasteiger partial charge is 0.481 e. The number of nitrogens with zero attached hydrogens (tertiary/aromatic N) is 2. The molecule has 0 aliphatic rings. The maximum Gasteiger partial charge on any atom is 0.324 e. The molecule has 110 valence electrons. The minimum atomic E-state index is -0.897. The van der Waals surface area contributed by atoms with Crippen molar-refractivity contribution in [2.45, 2.75) is 26.7 Å². The van der Waals surface area contributed by atoms with E-state index >= 15 is 0 Å². The summed E-state index contributed by atoms with van der Waals surface area (Å²) in [7, 11) is 1.70. The normalized spacial score (nSPS) is 10.2. The second-order valence-electron chi connectivity index (χ2n) is 4.58. The summed E-state index contributed by atoms with van der Waals surface area (Å²) in [5.74, 6) is -0.897. The van der Waals surface area contributed by atoms with Gasteiger partial charge in [0.05, 0.1) is 6.42 Å². The lowest BCUT2D eigenvalue weighted by Crippen LogP contribution is -2.42. The van der Waals surface area contributed by atoms with E-state index in [1.54, 1.807) is 11.9 Å². The van der Waals surface area contributed by atoms with Crippen LogP contribution < -0.4 is 4.90 Å². The van der Waals surface area contributed by atoms with Crippen LogP contribution in [0.4, 0.5) is 10.5 Å². The lowest BCUT2D eigenvalue weighted by molar-refractivity contribution is -0.137.